The van der Waals surface area contributed by atoms with E-state index in [-0.39, 0.29) is 17.6 Å². The van der Waals surface area contributed by atoms with Gasteiger partial charge in [0.2, 0.25) is 5.82 Å². The molecule has 3 aromatic rings. The lowest BCUT2D eigenvalue weighted by atomic mass is 10.1. The van der Waals surface area contributed by atoms with E-state index in [4.69, 9.17) is 0 Å². The van der Waals surface area contributed by atoms with Crippen LogP contribution in [0.4, 0.5) is 5.69 Å². The van der Waals surface area contributed by atoms with Gasteiger partial charge in [-0.2, -0.15) is 0 Å². The van der Waals surface area contributed by atoms with Crippen LogP contribution in [0.1, 0.15) is 58.9 Å². The van der Waals surface area contributed by atoms with E-state index >= 15 is 0 Å². The number of anilines is 1. The molecule has 0 radical (unpaired) electrons. The minimum atomic E-state index is -0.333. The smallest absolute Gasteiger partial charge is 0.292 e. The second kappa shape index (κ2) is 8.90. The number of hydrogen-bond donors (Lipinski definition) is 1. The lowest BCUT2D eigenvalue weighted by molar-refractivity contribution is 0.0752. The fraction of sp³-hybridized carbons (Fsp3) is 0.348. The topological polar surface area (TPSA) is 66.7 Å². The van der Waals surface area contributed by atoms with E-state index in [9.17, 15) is 9.59 Å². The van der Waals surface area contributed by atoms with Crippen LogP contribution in [0.15, 0.2) is 42.6 Å². The fourth-order valence-corrected chi connectivity index (χ4v) is 3.54. The van der Waals surface area contributed by atoms with Crippen LogP contribution < -0.4 is 5.32 Å². The van der Waals surface area contributed by atoms with Crippen LogP contribution in [-0.2, 0) is 0 Å². The molecular formula is C23H28N4O2. The van der Waals surface area contributed by atoms with E-state index in [1.165, 1.54) is 0 Å². The van der Waals surface area contributed by atoms with Crippen molar-refractivity contribution in [2.24, 2.45) is 0 Å². The molecule has 0 spiro atoms. The van der Waals surface area contributed by atoms with Gasteiger partial charge in [0.25, 0.3) is 11.8 Å². The molecule has 0 saturated carbocycles. The quantitative estimate of drug-likeness (QED) is 0.645. The first-order chi connectivity index (χ1) is 14.0. The first-order valence-electron chi connectivity index (χ1n) is 10.1. The number of pyridine rings is 1. The Balaban J connectivity index is 2.01. The third kappa shape index (κ3) is 4.16. The first-order valence-corrected chi connectivity index (χ1v) is 10.1. The van der Waals surface area contributed by atoms with Gasteiger partial charge in [-0.25, -0.2) is 4.98 Å². The number of nitrogens with one attached hydrogen (secondary N) is 1. The summed E-state index contributed by atoms with van der Waals surface area (Å²) in [6.45, 7) is 9.34. The molecule has 0 saturated heterocycles. The lowest BCUT2D eigenvalue weighted by Crippen LogP contribution is -2.33. The zero-order chi connectivity index (χ0) is 21.0. The van der Waals surface area contributed by atoms with E-state index in [1.807, 2.05) is 69.0 Å². The molecule has 0 fully saturated rings. The highest BCUT2D eigenvalue weighted by Crippen LogP contribution is 2.22. The summed E-state index contributed by atoms with van der Waals surface area (Å²) in [6.07, 6.45) is 3.51. The third-order valence-corrected chi connectivity index (χ3v) is 4.95. The predicted molar refractivity (Wildman–Crippen MR) is 116 cm³/mol. The summed E-state index contributed by atoms with van der Waals surface area (Å²) in [7, 11) is 0. The van der Waals surface area contributed by atoms with Gasteiger partial charge < -0.3 is 10.2 Å². The molecule has 0 aliphatic rings. The molecule has 2 heterocycles. The maximum atomic E-state index is 13.2. The summed E-state index contributed by atoms with van der Waals surface area (Å²) in [5.41, 5.74) is 3.69. The molecule has 0 bridgehead atoms. The van der Waals surface area contributed by atoms with Crippen molar-refractivity contribution in [3.63, 3.8) is 0 Å². The van der Waals surface area contributed by atoms with Crippen LogP contribution in [0.2, 0.25) is 0 Å². The van der Waals surface area contributed by atoms with Gasteiger partial charge in [0.1, 0.15) is 0 Å². The van der Waals surface area contributed by atoms with Crippen molar-refractivity contribution in [2.75, 3.05) is 18.4 Å². The zero-order valence-electron chi connectivity index (χ0n) is 17.5. The van der Waals surface area contributed by atoms with Gasteiger partial charge in [-0.3, -0.25) is 14.0 Å². The molecule has 3 rings (SSSR count). The minimum Gasteiger partial charge on any atom is -0.337 e. The number of para-hydroxylation sites is 1. The number of benzene rings is 1. The number of fused-ring (bicyclic) bond motifs is 1. The van der Waals surface area contributed by atoms with Gasteiger partial charge in [-0.15, -0.1) is 0 Å². The number of aryl methyl sites for hydroxylation is 2. The van der Waals surface area contributed by atoms with E-state index < -0.39 is 0 Å². The van der Waals surface area contributed by atoms with E-state index in [0.717, 1.165) is 29.7 Å². The maximum absolute atomic E-state index is 13.2. The van der Waals surface area contributed by atoms with Crippen molar-refractivity contribution in [3.05, 3.63) is 65.2 Å². The molecule has 29 heavy (non-hydrogen) atoms. The Morgan fingerprint density at radius 3 is 2.28 bits per heavy atom. The van der Waals surface area contributed by atoms with Gasteiger partial charge in [-0.1, -0.05) is 38.1 Å². The summed E-state index contributed by atoms with van der Waals surface area (Å²) < 4.78 is 1.69. The molecule has 152 valence electrons. The van der Waals surface area contributed by atoms with Crippen LogP contribution in [0, 0.1) is 13.8 Å². The van der Waals surface area contributed by atoms with Gasteiger partial charge >= 0.3 is 0 Å². The molecule has 0 atom stereocenters. The maximum Gasteiger partial charge on any atom is 0.292 e. The summed E-state index contributed by atoms with van der Waals surface area (Å²) in [6, 6.07) is 11.4. The molecule has 1 N–H and O–H groups in total. The van der Waals surface area contributed by atoms with Crippen LogP contribution in [0.25, 0.3) is 5.52 Å². The lowest BCUT2D eigenvalue weighted by Gasteiger charge is -2.20. The van der Waals surface area contributed by atoms with Crippen molar-refractivity contribution in [1.29, 1.82) is 0 Å². The molecule has 0 aliphatic carbocycles. The summed E-state index contributed by atoms with van der Waals surface area (Å²) in [4.78, 5) is 32.5. The molecule has 6 nitrogen and oxygen atoms in total. The normalized spacial score (nSPS) is 10.9. The molecular weight excluding hydrogens is 364 g/mol. The molecule has 1 aromatic carbocycles. The van der Waals surface area contributed by atoms with Gasteiger partial charge in [0, 0.05) is 25.0 Å². The van der Waals surface area contributed by atoms with Gasteiger partial charge in [0.15, 0.2) is 5.69 Å². The number of imidazole rings is 1. The van der Waals surface area contributed by atoms with Crippen molar-refractivity contribution in [1.82, 2.24) is 14.3 Å². The van der Waals surface area contributed by atoms with Gasteiger partial charge in [-0.05, 0) is 49.9 Å². The van der Waals surface area contributed by atoms with E-state index in [1.54, 1.807) is 10.6 Å². The van der Waals surface area contributed by atoms with Crippen molar-refractivity contribution < 1.29 is 9.59 Å². The van der Waals surface area contributed by atoms with Crippen LogP contribution in [-0.4, -0.2) is 39.2 Å². The number of hydrogen-bond acceptors (Lipinski definition) is 3. The number of amides is 2. The Morgan fingerprint density at radius 2 is 1.66 bits per heavy atom. The third-order valence-electron chi connectivity index (χ3n) is 4.95. The molecule has 0 aliphatic heterocycles. The fourth-order valence-electron chi connectivity index (χ4n) is 3.54. The number of carbonyl (C=O) groups is 2. The Hall–Kier alpha value is -3.15. The number of carbonyl (C=O) groups excluding carboxylic acids is 2. The molecule has 0 unspecified atom stereocenters. The second-order valence-electron chi connectivity index (χ2n) is 7.25. The summed E-state index contributed by atoms with van der Waals surface area (Å²) >= 11 is 0. The Labute approximate surface area is 171 Å². The van der Waals surface area contributed by atoms with Crippen molar-refractivity contribution >= 4 is 23.0 Å². The molecule has 2 aromatic heterocycles. The number of nitrogens with zero attached hydrogens (tertiary/aromatic N) is 3. The highest BCUT2D eigenvalue weighted by atomic mass is 16.2. The first kappa shape index (κ1) is 20.6. The monoisotopic (exact) mass is 392 g/mol. The standard InChI is InChI=1S/C23H28N4O2/c1-5-13-26(14-6-2)23(29)20-18-12-7-8-15-27(18)21(24-20)22(28)25-19-16(3)10-9-11-17(19)4/h7-12,15H,5-6,13-14H2,1-4H3,(H,25,28). The molecule has 2 amide bonds. The largest absolute Gasteiger partial charge is 0.337 e. The minimum absolute atomic E-state index is 0.136. The van der Waals surface area contributed by atoms with Crippen molar-refractivity contribution in [2.45, 2.75) is 40.5 Å². The van der Waals surface area contributed by atoms with Crippen LogP contribution in [0.3, 0.4) is 0 Å². The average Bonchev–Trinajstić information content (AvgIpc) is 3.10. The number of aromatic nitrogens is 2. The summed E-state index contributed by atoms with van der Waals surface area (Å²) in [5.74, 6) is -0.261. The SMILES string of the molecule is CCCN(CCC)C(=O)c1nc(C(=O)Nc2c(C)cccc2C)n2ccccc12. The van der Waals surface area contributed by atoms with E-state index in [2.05, 4.69) is 10.3 Å². The summed E-state index contributed by atoms with van der Waals surface area (Å²) in [5, 5.41) is 2.97. The van der Waals surface area contributed by atoms with Crippen LogP contribution in [0.5, 0.6) is 0 Å². The highest BCUT2D eigenvalue weighted by molar-refractivity contribution is 6.06. The highest BCUT2D eigenvalue weighted by Gasteiger charge is 2.25. The Bertz CT molecular complexity index is 1010. The second-order valence-corrected chi connectivity index (χ2v) is 7.25. The zero-order valence-corrected chi connectivity index (χ0v) is 17.5. The Morgan fingerprint density at radius 1 is 1.00 bits per heavy atom. The van der Waals surface area contributed by atoms with Crippen molar-refractivity contribution in [3.8, 4) is 0 Å². The number of rotatable bonds is 7. The van der Waals surface area contributed by atoms with Crippen LogP contribution >= 0.6 is 0 Å². The Kier molecular flexibility index (Phi) is 6.32. The van der Waals surface area contributed by atoms with E-state index in [0.29, 0.717) is 24.3 Å². The van der Waals surface area contributed by atoms with Gasteiger partial charge in [0.05, 0.1) is 5.52 Å². The predicted octanol–water partition coefficient (Wildman–Crippen LogP) is 4.47. The average molecular weight is 393 g/mol. The molecule has 6 heteroatoms.